The molecule has 0 amide bonds. The zero-order valence-corrected chi connectivity index (χ0v) is 13.6. The first kappa shape index (κ1) is 14.0. The van der Waals surface area contributed by atoms with Crippen molar-refractivity contribution in [1.82, 2.24) is 9.78 Å². The minimum Gasteiger partial charge on any atom is -0.465 e. The first-order valence-corrected chi connectivity index (χ1v) is 8.02. The highest BCUT2D eigenvalue weighted by molar-refractivity contribution is 7.20. The molecule has 0 saturated heterocycles. The van der Waals surface area contributed by atoms with Gasteiger partial charge in [0.2, 0.25) is 0 Å². The van der Waals surface area contributed by atoms with Gasteiger partial charge in [0.1, 0.15) is 4.88 Å². The van der Waals surface area contributed by atoms with E-state index >= 15 is 0 Å². The van der Waals surface area contributed by atoms with E-state index in [0.29, 0.717) is 4.88 Å². The number of hydrogen-bond donors (Lipinski definition) is 0. The number of carbonyl (C=O) groups is 1. The number of aromatic nitrogens is 2. The fraction of sp³-hybridized carbons (Fsp3) is 0.111. The molecule has 0 aliphatic rings. The molecule has 0 N–H and O–H groups in total. The van der Waals surface area contributed by atoms with Crippen molar-refractivity contribution < 1.29 is 9.53 Å². The summed E-state index contributed by atoms with van der Waals surface area (Å²) in [5.74, 6) is -0.295. The van der Waals surface area contributed by atoms with Crippen LogP contribution in [0.5, 0.6) is 0 Å². The monoisotopic (exact) mass is 322 g/mol. The number of fused-ring (bicyclic) bond motifs is 2. The van der Waals surface area contributed by atoms with Gasteiger partial charge in [-0.2, -0.15) is 5.10 Å². The molecular weight excluding hydrogens is 308 g/mol. The topological polar surface area (TPSA) is 44.1 Å². The van der Waals surface area contributed by atoms with Crippen molar-refractivity contribution in [1.29, 1.82) is 0 Å². The smallest absolute Gasteiger partial charge is 0.348 e. The van der Waals surface area contributed by atoms with Gasteiger partial charge in [0, 0.05) is 22.5 Å². The summed E-state index contributed by atoms with van der Waals surface area (Å²) in [7, 11) is 3.34. The van der Waals surface area contributed by atoms with Crippen LogP contribution in [0, 0.1) is 0 Å². The standard InChI is InChI=1S/C18H14N2O2S/c1-20-15-7-3-5-12(14(15)10-19-20)11-6-4-8-16-13(11)9-17(23-16)18(21)22-2/h3-10H,1-2H3. The molecule has 0 atom stereocenters. The Bertz CT molecular complexity index is 1050. The van der Waals surface area contributed by atoms with Gasteiger partial charge in [-0.25, -0.2) is 4.79 Å². The predicted octanol–water partition coefficient (Wildman–Crippen LogP) is 4.24. The van der Waals surface area contributed by atoms with Crippen LogP contribution in [0.1, 0.15) is 9.67 Å². The lowest BCUT2D eigenvalue weighted by atomic mass is 9.99. The fourth-order valence-corrected chi connectivity index (χ4v) is 3.92. The highest BCUT2D eigenvalue weighted by Gasteiger charge is 2.15. The van der Waals surface area contributed by atoms with E-state index in [9.17, 15) is 4.79 Å². The molecule has 5 heteroatoms. The number of aryl methyl sites for hydroxylation is 1. The molecule has 2 aromatic heterocycles. The third-order valence-electron chi connectivity index (χ3n) is 4.03. The van der Waals surface area contributed by atoms with Crippen LogP contribution in [0.4, 0.5) is 0 Å². The number of carbonyl (C=O) groups excluding carboxylic acids is 1. The van der Waals surface area contributed by atoms with Crippen LogP contribution < -0.4 is 0 Å². The number of ether oxygens (including phenoxy) is 1. The minimum absolute atomic E-state index is 0.295. The van der Waals surface area contributed by atoms with E-state index in [0.717, 1.165) is 32.1 Å². The van der Waals surface area contributed by atoms with Crippen LogP contribution >= 0.6 is 11.3 Å². The lowest BCUT2D eigenvalue weighted by Crippen LogP contribution is -1.96. The van der Waals surface area contributed by atoms with E-state index in [2.05, 4.69) is 23.3 Å². The largest absolute Gasteiger partial charge is 0.465 e. The van der Waals surface area contributed by atoms with Gasteiger partial charge in [-0.1, -0.05) is 24.3 Å². The Morgan fingerprint density at radius 1 is 1.13 bits per heavy atom. The van der Waals surface area contributed by atoms with Crippen molar-refractivity contribution in [3.8, 4) is 11.1 Å². The van der Waals surface area contributed by atoms with E-state index in [1.165, 1.54) is 18.4 Å². The lowest BCUT2D eigenvalue weighted by molar-refractivity contribution is 0.0606. The molecule has 4 nitrogen and oxygen atoms in total. The minimum atomic E-state index is -0.295. The molecule has 2 aromatic carbocycles. The number of methoxy groups -OCH3 is 1. The SMILES string of the molecule is COC(=O)c1cc2c(-c3cccc4c3cnn4C)cccc2s1. The van der Waals surface area contributed by atoms with Gasteiger partial charge in [-0.15, -0.1) is 11.3 Å². The highest BCUT2D eigenvalue weighted by atomic mass is 32.1. The Balaban J connectivity index is 2.01. The van der Waals surface area contributed by atoms with Crippen molar-refractivity contribution in [2.75, 3.05) is 7.11 Å². The lowest BCUT2D eigenvalue weighted by Gasteiger charge is -2.05. The van der Waals surface area contributed by atoms with E-state index in [4.69, 9.17) is 4.74 Å². The summed E-state index contributed by atoms with van der Waals surface area (Å²) in [5, 5.41) is 6.52. The second kappa shape index (κ2) is 5.21. The molecule has 0 unspecified atom stereocenters. The van der Waals surface area contributed by atoms with Crippen LogP contribution in [-0.2, 0) is 11.8 Å². The van der Waals surface area contributed by atoms with E-state index < -0.39 is 0 Å². The molecule has 0 saturated carbocycles. The number of rotatable bonds is 2. The summed E-state index contributed by atoms with van der Waals surface area (Å²) in [6.45, 7) is 0. The van der Waals surface area contributed by atoms with Crippen LogP contribution in [-0.4, -0.2) is 22.9 Å². The number of nitrogens with zero attached hydrogens (tertiary/aromatic N) is 2. The highest BCUT2D eigenvalue weighted by Crippen LogP contribution is 2.37. The fourth-order valence-electron chi connectivity index (χ4n) is 2.91. The van der Waals surface area contributed by atoms with Gasteiger partial charge in [0.15, 0.2) is 0 Å². The number of thiophene rings is 1. The summed E-state index contributed by atoms with van der Waals surface area (Å²) in [6.07, 6.45) is 1.89. The Morgan fingerprint density at radius 2 is 1.87 bits per heavy atom. The van der Waals surface area contributed by atoms with Crippen LogP contribution in [0.15, 0.2) is 48.7 Å². The second-order valence-electron chi connectivity index (χ2n) is 5.33. The van der Waals surface area contributed by atoms with Gasteiger partial charge >= 0.3 is 5.97 Å². The van der Waals surface area contributed by atoms with Crippen LogP contribution in [0.3, 0.4) is 0 Å². The summed E-state index contributed by atoms with van der Waals surface area (Å²) >= 11 is 1.45. The molecule has 0 aliphatic heterocycles. The third-order valence-corrected chi connectivity index (χ3v) is 5.11. The van der Waals surface area contributed by atoms with Crippen molar-refractivity contribution in [2.45, 2.75) is 0 Å². The zero-order valence-electron chi connectivity index (χ0n) is 12.7. The number of benzene rings is 2. The van der Waals surface area contributed by atoms with Gasteiger partial charge in [0.05, 0.1) is 18.8 Å². The molecular formula is C18H14N2O2S. The normalized spacial score (nSPS) is 11.2. The summed E-state index contributed by atoms with van der Waals surface area (Å²) < 4.78 is 7.78. The van der Waals surface area contributed by atoms with Gasteiger partial charge in [-0.3, -0.25) is 4.68 Å². The predicted molar refractivity (Wildman–Crippen MR) is 92.9 cm³/mol. The quantitative estimate of drug-likeness (QED) is 0.518. The average molecular weight is 322 g/mol. The summed E-state index contributed by atoms with van der Waals surface area (Å²) in [6, 6.07) is 14.2. The van der Waals surface area contributed by atoms with Gasteiger partial charge in [-0.05, 0) is 29.3 Å². The van der Waals surface area contributed by atoms with Crippen molar-refractivity contribution in [3.05, 3.63) is 53.5 Å². The number of esters is 1. The third kappa shape index (κ3) is 2.12. The maximum absolute atomic E-state index is 11.8. The molecule has 0 aliphatic carbocycles. The maximum atomic E-state index is 11.8. The Labute approximate surface area is 136 Å². The zero-order chi connectivity index (χ0) is 16.0. The first-order chi connectivity index (χ1) is 11.2. The maximum Gasteiger partial charge on any atom is 0.348 e. The Hall–Kier alpha value is -2.66. The number of hydrogen-bond acceptors (Lipinski definition) is 4. The molecule has 23 heavy (non-hydrogen) atoms. The van der Waals surface area contributed by atoms with Crippen LogP contribution in [0.25, 0.3) is 32.1 Å². The van der Waals surface area contributed by atoms with E-state index in [-0.39, 0.29) is 5.97 Å². The average Bonchev–Trinajstić information content (AvgIpc) is 3.18. The molecule has 0 fully saturated rings. The molecule has 2 heterocycles. The first-order valence-electron chi connectivity index (χ1n) is 7.21. The Kier molecular flexibility index (Phi) is 3.16. The Morgan fingerprint density at radius 3 is 2.65 bits per heavy atom. The molecule has 0 radical (unpaired) electrons. The van der Waals surface area contributed by atoms with Gasteiger partial charge < -0.3 is 4.74 Å². The van der Waals surface area contributed by atoms with E-state index in [1.807, 2.05) is 42.2 Å². The molecule has 4 aromatic rings. The summed E-state index contributed by atoms with van der Waals surface area (Å²) in [5.41, 5.74) is 3.31. The molecule has 0 spiro atoms. The van der Waals surface area contributed by atoms with Crippen molar-refractivity contribution in [3.63, 3.8) is 0 Å². The van der Waals surface area contributed by atoms with Crippen molar-refractivity contribution in [2.24, 2.45) is 7.05 Å². The molecule has 0 bridgehead atoms. The summed E-state index contributed by atoms with van der Waals surface area (Å²) in [4.78, 5) is 12.4. The van der Waals surface area contributed by atoms with Crippen LogP contribution in [0.2, 0.25) is 0 Å². The molecule has 4 rings (SSSR count). The molecule has 114 valence electrons. The second-order valence-corrected chi connectivity index (χ2v) is 6.41. The van der Waals surface area contributed by atoms with Gasteiger partial charge in [0.25, 0.3) is 0 Å². The van der Waals surface area contributed by atoms with Crippen molar-refractivity contribution >= 4 is 38.3 Å². The van der Waals surface area contributed by atoms with E-state index in [1.54, 1.807) is 0 Å².